The molecule has 2 aromatic carbocycles. The number of aliphatic hydroxyl groups is 1. The van der Waals surface area contributed by atoms with E-state index in [1.807, 2.05) is 90.0 Å². The van der Waals surface area contributed by atoms with E-state index in [1.165, 1.54) is 35.2 Å². The Bertz CT molecular complexity index is 4840. The van der Waals surface area contributed by atoms with Crippen LogP contribution in [0.5, 0.6) is 11.5 Å². The van der Waals surface area contributed by atoms with Crippen LogP contribution in [0.25, 0.3) is 10.4 Å². The number of carbonyl (C=O) groups excluding carboxylic acids is 9. The number of ketones is 2. The zero-order chi connectivity index (χ0) is 107. The van der Waals surface area contributed by atoms with Crippen LogP contribution in [0.4, 0.5) is 32.3 Å². The number of nitrogens with zero attached hydrogens (tertiary/aromatic N) is 9. The third-order valence-electron chi connectivity index (χ3n) is 19.9. The van der Waals surface area contributed by atoms with Gasteiger partial charge in [-0.05, 0) is 229 Å². The first-order chi connectivity index (χ1) is 64.2. The summed E-state index contributed by atoms with van der Waals surface area (Å²) < 4.78 is 89.2. The molecule has 788 valence electrons. The Morgan fingerprint density at radius 3 is 1.37 bits per heavy atom. The number of hydrogen-bond acceptors (Lipinski definition) is 28. The molecular weight excluding hydrogens is 1830 g/mol. The number of amides is 6. The zero-order valence-corrected chi connectivity index (χ0v) is 88.0. The number of aliphatic hydroxyl groups excluding tert-OH is 1. The molecule has 1 aliphatic carbocycles. The van der Waals surface area contributed by atoms with Gasteiger partial charge >= 0.3 is 24.4 Å². The molecule has 0 radical (unpaired) electrons. The standard InChI is InChI=1S/C24H25F2N3O4.C24H28FN3O4.C12H26N2O2.C9H19NO5S.C8H16N4O2.C8H18N2O2.C7H18N2.C4H8O.CH4O/c1-13-8-9-28(16-5-6-16)20-12-27-11-17(22(31)23(32)21(27)24(33)29(13)20)19(30)7-3-14-2-4-15(25)10-18(14)26;1-14(2)10-26-11-15(3)28-20(26)13-27-12-18(22(30)23(31)21(27)24(28)32)19(29)9-6-16-4-7-17(25)8-5-16;1-9(2)7-13-8-10(3)14-11(15)16-12(4,5)6;1-7(6-14-16(5,12)13)10-8(11)15-9(2,3)4;1-6(5-10-12-9)11-7(13)14-8(2,3)4;1-6(5-9)10-7(11)12-8(2,3)4;1-6(2)4-9-5-7(3)8;1-4(2)3-5;1-2/h2,4,10-11,13,16,20,32H,3,5-9,12H2,1H3;4-5,7-8,12,14-15,20,31H,6,9-11,13H2,1-3H3;9-10,13H,7-8H2,1-6H3,(H,14,15);7H,6H2,1-5H3,(H,10,11);6H,5H2,1-4H3,(H,11,13);6H,5,9H2,1-4H3,(H,10,11);6-7,9H,4-5,8H2,1-3H3;3-4H,1-2H3;2H,1H3/t13-,20-;15-,20?;10-;7-;2*6-;7-;;/m0111111../s1. The summed E-state index contributed by atoms with van der Waals surface area (Å²) in [5.41, 5.74) is 15.6. The van der Waals surface area contributed by atoms with Gasteiger partial charge in [-0.15, -0.1) is 0 Å². The number of aryl methyl sites for hydroxylation is 2. The molecule has 2 aromatic heterocycles. The third kappa shape index (κ3) is 50.1. The van der Waals surface area contributed by atoms with Gasteiger partial charge in [0.25, 0.3) is 21.9 Å². The number of pyridine rings is 2. The second-order valence-electron chi connectivity index (χ2n) is 40.6. The van der Waals surface area contributed by atoms with Gasteiger partial charge in [-0.3, -0.25) is 42.8 Å². The molecule has 42 heteroatoms. The van der Waals surface area contributed by atoms with Crippen LogP contribution < -0.4 is 54.2 Å². The van der Waals surface area contributed by atoms with Crippen LogP contribution in [0.3, 0.4) is 0 Å². The molecular formula is C97H162F3N17O21S. The number of nitrogens with one attached hydrogen (secondary N) is 6. The molecule has 38 nitrogen and oxygen atoms in total. The van der Waals surface area contributed by atoms with Gasteiger partial charge < -0.3 is 101 Å². The summed E-state index contributed by atoms with van der Waals surface area (Å²) in [6, 6.07) is 8.98. The largest absolute Gasteiger partial charge is 0.503 e. The summed E-state index contributed by atoms with van der Waals surface area (Å²) >= 11 is 0. The number of alkyl carbamates (subject to hydrolysis) is 4. The molecule has 1 saturated carbocycles. The maximum absolute atomic E-state index is 13.9. The molecule has 0 spiro atoms. The van der Waals surface area contributed by atoms with Crippen LogP contribution in [0.1, 0.15) is 272 Å². The van der Waals surface area contributed by atoms with Crippen molar-refractivity contribution in [2.75, 3.05) is 78.9 Å². The van der Waals surface area contributed by atoms with Gasteiger partial charge in [0, 0.05) is 137 Å². The van der Waals surface area contributed by atoms with Crippen LogP contribution in [0, 0.1) is 41.1 Å². The number of aromatic nitrogens is 2. The second-order valence-corrected chi connectivity index (χ2v) is 42.3. The van der Waals surface area contributed by atoms with Crippen LogP contribution in [0.2, 0.25) is 0 Å². The summed E-state index contributed by atoms with van der Waals surface area (Å²) in [5.74, 6) is -3.04. The predicted octanol–water partition coefficient (Wildman–Crippen LogP) is 12.5. The monoisotopic (exact) mass is 1990 g/mol. The fraction of sp³-hybridized carbons (Fsp3) is 0.680. The molecule has 1 unspecified atom stereocenters. The van der Waals surface area contributed by atoms with E-state index in [1.54, 1.807) is 81.9 Å². The Morgan fingerprint density at radius 2 is 0.978 bits per heavy atom. The fourth-order valence-corrected chi connectivity index (χ4v) is 14.1. The van der Waals surface area contributed by atoms with Crippen molar-refractivity contribution in [3.05, 3.63) is 137 Å². The lowest BCUT2D eigenvalue weighted by Gasteiger charge is -2.50. The molecule has 9 rings (SSSR count). The molecule has 6 amide bonds. The number of halogens is 3. The second kappa shape index (κ2) is 60.1. The minimum atomic E-state index is -3.48. The van der Waals surface area contributed by atoms with Crippen molar-refractivity contribution in [3.63, 3.8) is 0 Å². The smallest absolute Gasteiger partial charge is 0.407 e. The summed E-state index contributed by atoms with van der Waals surface area (Å²) in [6.45, 7) is 58.7. The molecule has 9 atom stereocenters. The van der Waals surface area contributed by atoms with Gasteiger partial charge in [-0.2, -0.15) is 8.42 Å². The van der Waals surface area contributed by atoms with E-state index in [-0.39, 0.29) is 133 Å². The van der Waals surface area contributed by atoms with Crippen molar-refractivity contribution in [3.8, 4) is 11.5 Å². The maximum Gasteiger partial charge on any atom is 0.407 e. The lowest BCUT2D eigenvalue weighted by molar-refractivity contribution is -0.110. The van der Waals surface area contributed by atoms with E-state index >= 15 is 0 Å². The summed E-state index contributed by atoms with van der Waals surface area (Å²) in [5, 5.41) is 48.5. The van der Waals surface area contributed by atoms with E-state index in [2.05, 4.69) is 97.5 Å². The van der Waals surface area contributed by atoms with Crippen LogP contribution in [0.15, 0.2) is 69.6 Å². The first-order valence-electron chi connectivity index (χ1n) is 47.2. The molecule has 4 aromatic rings. The summed E-state index contributed by atoms with van der Waals surface area (Å²) in [4.78, 5) is 143. The van der Waals surface area contributed by atoms with Crippen LogP contribution in [-0.4, -0.2) is 268 Å². The van der Waals surface area contributed by atoms with Gasteiger partial charge in [-0.25, -0.2) is 32.3 Å². The maximum atomic E-state index is 13.9. The number of azide groups is 1. The van der Waals surface area contributed by atoms with Gasteiger partial charge in [0.1, 0.15) is 58.5 Å². The number of carbonyl (C=O) groups is 9. The highest BCUT2D eigenvalue weighted by atomic mass is 32.2. The minimum Gasteiger partial charge on any atom is -0.503 e. The third-order valence-corrected chi connectivity index (χ3v) is 20.4. The summed E-state index contributed by atoms with van der Waals surface area (Å²) in [6.07, 6.45) is 5.54. The number of ether oxygens (including phenoxy) is 4. The highest BCUT2D eigenvalue weighted by Crippen LogP contribution is 2.38. The van der Waals surface area contributed by atoms with E-state index in [9.17, 15) is 84.5 Å². The Kier molecular flexibility index (Phi) is 54.8. The first-order valence-corrected chi connectivity index (χ1v) is 49.0. The number of aldehydes is 1. The number of aromatic hydroxyl groups is 2. The molecule has 2 saturated heterocycles. The Labute approximate surface area is 819 Å². The molecule has 13 N–H and O–H groups in total. The molecule has 5 aliphatic rings. The number of benzene rings is 2. The van der Waals surface area contributed by atoms with E-state index in [0.717, 1.165) is 108 Å². The van der Waals surface area contributed by atoms with Gasteiger partial charge in [0.05, 0.1) is 43.1 Å². The number of hydrogen-bond donors (Lipinski definition) is 11. The van der Waals surface area contributed by atoms with Gasteiger partial charge in [0.2, 0.25) is 10.9 Å². The quantitative estimate of drug-likeness (QED) is 0.00439. The molecule has 139 heavy (non-hydrogen) atoms. The topological polar surface area (TPSA) is 525 Å². The van der Waals surface area contributed by atoms with Crippen molar-refractivity contribution in [1.82, 2.24) is 60.6 Å². The number of fused-ring (bicyclic) bond motifs is 4. The average Bonchev–Trinajstić information content (AvgIpc) is 1.69. The molecule has 0 bridgehead atoms. The highest BCUT2D eigenvalue weighted by Gasteiger charge is 2.49. The fourth-order valence-electron chi connectivity index (χ4n) is 13.6. The van der Waals surface area contributed by atoms with Crippen LogP contribution in [-0.2, 0) is 64.0 Å². The number of Topliss-reactive ketones (excluding diaryl/α,β-unsaturated/α-hetero) is 2. The Morgan fingerprint density at radius 1 is 0.568 bits per heavy atom. The van der Waals surface area contributed by atoms with Crippen molar-refractivity contribution in [2.24, 2.45) is 40.3 Å². The first kappa shape index (κ1) is 127. The van der Waals surface area contributed by atoms with Crippen LogP contribution >= 0.6 is 0 Å². The number of rotatable bonds is 30. The average molecular weight is 1990 g/mol. The van der Waals surface area contributed by atoms with Crippen molar-refractivity contribution in [2.45, 2.75) is 328 Å². The molecule has 4 aliphatic heterocycles. The predicted molar refractivity (Wildman–Crippen MR) is 530 cm³/mol. The molecule has 6 heterocycles. The zero-order valence-electron chi connectivity index (χ0n) is 87.2. The normalized spacial score (nSPS) is 17.1. The Hall–Kier alpha value is -10.3. The van der Waals surface area contributed by atoms with Crippen molar-refractivity contribution >= 4 is 64.2 Å². The van der Waals surface area contributed by atoms with E-state index in [4.69, 9.17) is 41.1 Å². The van der Waals surface area contributed by atoms with E-state index in [0.29, 0.717) is 43.9 Å². The highest BCUT2D eigenvalue weighted by molar-refractivity contribution is 7.86. The lowest BCUT2D eigenvalue weighted by Crippen LogP contribution is -2.64. The lowest BCUT2D eigenvalue weighted by atomic mass is 10.00. The minimum absolute atomic E-state index is 0.0186. The van der Waals surface area contributed by atoms with Crippen molar-refractivity contribution < 1.29 is 103 Å². The SMILES string of the molecule is CC(C)C=O.CC(C)CN1C[C@@H](C)N2C(=O)c3c(O)c(=O)c(C(=O)CCc4ccc(F)cc4)cn3CC12.CC(C)CNC[C@@H](C)N.CC(C)CNC[C@@H](C)NC(=O)OC(C)(C)C.CO.C[C@H](CN)NC(=O)OC(C)(C)C.C[C@H](CN=[N+]=[N-])NC(=O)OC(C)(C)C.C[C@H](COS(C)(=O)=O)NC(=O)OC(C)(C)C.C[C@H]1CCN(C2CC2)[C@@H]2Cn3cc(C(=O)CCc4ccc(F)cc4F)c(=O)c(O)c3C(=O)N12. The molecule has 3 fully saturated rings. The van der Waals surface area contributed by atoms with Gasteiger partial charge in [0.15, 0.2) is 34.5 Å². The number of nitrogens with two attached hydrogens (primary N) is 2. The summed E-state index contributed by atoms with van der Waals surface area (Å²) in [7, 11) is -2.48. The van der Waals surface area contributed by atoms with Gasteiger partial charge in [-0.1, -0.05) is 78.7 Å². The van der Waals surface area contributed by atoms with E-state index < -0.39 is 108 Å². The Balaban J connectivity index is 0.000000841. The van der Waals surface area contributed by atoms with Crippen molar-refractivity contribution in [1.29, 1.82) is 0 Å².